The van der Waals surface area contributed by atoms with E-state index in [0.717, 1.165) is 31.6 Å². The maximum absolute atomic E-state index is 11.0. The normalized spacial score (nSPS) is 23.6. The topological polar surface area (TPSA) is 59.4 Å². The first-order valence-corrected chi connectivity index (χ1v) is 9.97. The molecule has 1 saturated carbocycles. The molecule has 3 rings (SSSR count). The van der Waals surface area contributed by atoms with Crippen molar-refractivity contribution in [1.29, 1.82) is 0 Å². The fourth-order valence-corrected chi connectivity index (χ4v) is 4.04. The summed E-state index contributed by atoms with van der Waals surface area (Å²) in [4.78, 5) is 15.9. The van der Waals surface area contributed by atoms with Gasteiger partial charge in [-0.1, -0.05) is 13.0 Å². The predicted octanol–water partition coefficient (Wildman–Crippen LogP) is 4.19. The van der Waals surface area contributed by atoms with Crippen molar-refractivity contribution in [1.82, 2.24) is 4.98 Å². The number of rotatable bonds is 9. The van der Waals surface area contributed by atoms with Gasteiger partial charge < -0.3 is 9.84 Å². The second-order valence-electron chi connectivity index (χ2n) is 7.72. The number of pyridine rings is 1. The Kier molecular flexibility index (Phi) is 6.46. The Hall–Kier alpha value is -1.42. The van der Waals surface area contributed by atoms with Gasteiger partial charge in [-0.2, -0.15) is 0 Å². The van der Waals surface area contributed by atoms with Gasteiger partial charge in [0, 0.05) is 18.0 Å². The molecule has 1 fully saturated rings. The molecular formula is C21H31NO3. The highest BCUT2D eigenvalue weighted by Gasteiger charge is 2.29. The lowest BCUT2D eigenvalue weighted by Gasteiger charge is -2.35. The summed E-state index contributed by atoms with van der Waals surface area (Å²) in [5.74, 6) is -0.217. The summed E-state index contributed by atoms with van der Waals surface area (Å²) in [6.07, 6.45) is 11.1. The molecule has 2 aliphatic rings. The molecule has 1 unspecified atom stereocenters. The van der Waals surface area contributed by atoms with Crippen LogP contribution >= 0.6 is 0 Å². The van der Waals surface area contributed by atoms with Gasteiger partial charge in [-0.3, -0.25) is 9.78 Å². The number of aryl methyl sites for hydroxylation is 3. The zero-order valence-corrected chi connectivity index (χ0v) is 15.4. The molecule has 0 aliphatic heterocycles. The van der Waals surface area contributed by atoms with Crippen LogP contribution in [-0.2, 0) is 28.8 Å². The van der Waals surface area contributed by atoms with Crippen LogP contribution in [0.1, 0.15) is 68.8 Å². The summed E-state index contributed by atoms with van der Waals surface area (Å²) in [5.41, 5.74) is 4.04. The average Bonchev–Trinajstić information content (AvgIpc) is 2.59. The number of ether oxygens (including phenoxy) is 1. The molecule has 2 aliphatic carbocycles. The molecule has 4 heteroatoms. The van der Waals surface area contributed by atoms with Crippen LogP contribution in [0.15, 0.2) is 12.1 Å². The molecule has 1 heterocycles. The number of nitrogens with zero attached hydrogens (tertiary/aromatic N) is 1. The molecule has 0 radical (unpaired) electrons. The van der Waals surface area contributed by atoms with Gasteiger partial charge in [-0.05, 0) is 81.8 Å². The molecule has 0 bridgehead atoms. The number of carbonyl (C=O) groups is 1. The van der Waals surface area contributed by atoms with Gasteiger partial charge >= 0.3 is 5.97 Å². The van der Waals surface area contributed by atoms with Crippen molar-refractivity contribution in [3.8, 4) is 0 Å². The highest BCUT2D eigenvalue weighted by Crippen LogP contribution is 2.34. The number of hydrogen-bond donors (Lipinski definition) is 1. The number of carboxylic acids is 1. The van der Waals surface area contributed by atoms with E-state index < -0.39 is 5.97 Å². The van der Waals surface area contributed by atoms with Crippen LogP contribution in [0.3, 0.4) is 0 Å². The quantitative estimate of drug-likeness (QED) is 0.729. The van der Waals surface area contributed by atoms with Crippen molar-refractivity contribution in [3.05, 3.63) is 29.1 Å². The minimum absolute atomic E-state index is 0.258. The van der Waals surface area contributed by atoms with E-state index in [2.05, 4.69) is 12.1 Å². The molecule has 1 aromatic heterocycles. The number of aromatic nitrogens is 1. The zero-order chi connectivity index (χ0) is 17.6. The van der Waals surface area contributed by atoms with Crippen molar-refractivity contribution in [3.63, 3.8) is 0 Å². The second-order valence-corrected chi connectivity index (χ2v) is 7.72. The molecule has 1 atom stereocenters. The van der Waals surface area contributed by atoms with Crippen LogP contribution < -0.4 is 0 Å². The molecule has 1 N–H and O–H groups in total. The van der Waals surface area contributed by atoms with Crippen molar-refractivity contribution in [2.45, 2.75) is 77.2 Å². The highest BCUT2D eigenvalue weighted by molar-refractivity contribution is 5.69. The Balaban J connectivity index is 1.32. The van der Waals surface area contributed by atoms with E-state index in [-0.39, 0.29) is 5.92 Å². The van der Waals surface area contributed by atoms with Crippen molar-refractivity contribution in [2.24, 2.45) is 11.8 Å². The maximum atomic E-state index is 11.0. The van der Waals surface area contributed by atoms with E-state index in [1.54, 1.807) is 0 Å². The van der Waals surface area contributed by atoms with Crippen molar-refractivity contribution in [2.75, 3.05) is 6.61 Å². The lowest BCUT2D eigenvalue weighted by Crippen LogP contribution is -2.32. The van der Waals surface area contributed by atoms with Gasteiger partial charge in [0.05, 0.1) is 12.0 Å². The van der Waals surface area contributed by atoms with Crippen LogP contribution in [0, 0.1) is 11.8 Å². The summed E-state index contributed by atoms with van der Waals surface area (Å²) in [6.45, 7) is 2.50. The summed E-state index contributed by atoms with van der Waals surface area (Å²) < 4.78 is 5.84. The summed E-state index contributed by atoms with van der Waals surface area (Å²) in [6, 6.07) is 4.50. The monoisotopic (exact) mass is 345 g/mol. The number of hydrogen-bond acceptors (Lipinski definition) is 3. The lowest BCUT2D eigenvalue weighted by molar-refractivity contribution is -0.143. The Morgan fingerprint density at radius 1 is 1.32 bits per heavy atom. The van der Waals surface area contributed by atoms with E-state index in [9.17, 15) is 4.79 Å². The van der Waals surface area contributed by atoms with Crippen molar-refractivity contribution >= 4 is 5.97 Å². The molecule has 0 saturated heterocycles. The van der Waals surface area contributed by atoms with Crippen LogP contribution in [0.5, 0.6) is 0 Å². The van der Waals surface area contributed by atoms with Gasteiger partial charge in [0.1, 0.15) is 0 Å². The minimum Gasteiger partial charge on any atom is -0.481 e. The van der Waals surface area contributed by atoms with Gasteiger partial charge in [0.25, 0.3) is 0 Å². The van der Waals surface area contributed by atoms with E-state index in [0.29, 0.717) is 25.6 Å². The fraction of sp³-hybridized carbons (Fsp3) is 0.714. The molecule has 0 aromatic carbocycles. The van der Waals surface area contributed by atoms with Gasteiger partial charge in [0.2, 0.25) is 0 Å². The number of fused-ring (bicyclic) bond motifs is 1. The first-order valence-electron chi connectivity index (χ1n) is 9.97. The maximum Gasteiger partial charge on any atom is 0.306 e. The standard InChI is InChI=1S/C21H31NO3/c1-2-16(21(23)24)11-12-25-19-13-15(14-19)7-9-18-10-8-17-5-3-4-6-20(17)22-18/h8,10,15-16,19H,2-7,9,11-14H2,1H3,(H,23,24). The predicted molar refractivity (Wildman–Crippen MR) is 97.7 cm³/mol. The summed E-state index contributed by atoms with van der Waals surface area (Å²) >= 11 is 0. The average molecular weight is 345 g/mol. The van der Waals surface area contributed by atoms with Gasteiger partial charge in [0.15, 0.2) is 0 Å². The van der Waals surface area contributed by atoms with Crippen LogP contribution in [0.25, 0.3) is 0 Å². The van der Waals surface area contributed by atoms with Gasteiger partial charge in [-0.15, -0.1) is 0 Å². The van der Waals surface area contributed by atoms with E-state index in [1.807, 2.05) is 6.92 Å². The Morgan fingerprint density at radius 3 is 2.88 bits per heavy atom. The highest BCUT2D eigenvalue weighted by atomic mass is 16.5. The fourth-order valence-electron chi connectivity index (χ4n) is 4.04. The molecule has 25 heavy (non-hydrogen) atoms. The molecule has 1 aromatic rings. The minimum atomic E-state index is -0.699. The molecular weight excluding hydrogens is 314 g/mol. The lowest BCUT2D eigenvalue weighted by atomic mass is 9.79. The molecule has 0 spiro atoms. The molecule has 0 amide bonds. The molecule has 138 valence electrons. The summed E-state index contributed by atoms with van der Waals surface area (Å²) in [5, 5.41) is 9.04. The van der Waals surface area contributed by atoms with E-state index in [4.69, 9.17) is 14.8 Å². The smallest absolute Gasteiger partial charge is 0.306 e. The SMILES string of the molecule is CCC(CCOC1CC(CCc2ccc3c(n2)CCCC3)C1)C(=O)O. The Bertz CT molecular complexity index is 581. The first kappa shape index (κ1) is 18.4. The molecule has 4 nitrogen and oxygen atoms in total. The third kappa shape index (κ3) is 5.04. The second kappa shape index (κ2) is 8.79. The van der Waals surface area contributed by atoms with Crippen molar-refractivity contribution < 1.29 is 14.6 Å². The number of carboxylic acid groups (broad SMARTS) is 1. The zero-order valence-electron chi connectivity index (χ0n) is 15.4. The summed E-state index contributed by atoms with van der Waals surface area (Å²) in [7, 11) is 0. The van der Waals surface area contributed by atoms with Crippen LogP contribution in [0.2, 0.25) is 0 Å². The number of aliphatic carboxylic acids is 1. The Labute approximate surface area is 151 Å². The van der Waals surface area contributed by atoms with E-state index >= 15 is 0 Å². The van der Waals surface area contributed by atoms with Gasteiger partial charge in [-0.25, -0.2) is 0 Å². The first-order chi connectivity index (χ1) is 12.2. The third-order valence-corrected chi connectivity index (χ3v) is 5.90. The van der Waals surface area contributed by atoms with Crippen LogP contribution in [-0.4, -0.2) is 28.8 Å². The third-order valence-electron chi connectivity index (χ3n) is 5.90. The Morgan fingerprint density at radius 2 is 2.12 bits per heavy atom. The largest absolute Gasteiger partial charge is 0.481 e. The van der Waals surface area contributed by atoms with E-state index in [1.165, 1.54) is 42.6 Å². The van der Waals surface area contributed by atoms with Crippen LogP contribution in [0.4, 0.5) is 0 Å².